The molecule has 1 heterocycles. The highest BCUT2D eigenvalue weighted by Crippen LogP contribution is 2.21. The van der Waals surface area contributed by atoms with E-state index in [1.54, 1.807) is 36.2 Å². The van der Waals surface area contributed by atoms with Gasteiger partial charge in [0.2, 0.25) is 5.76 Å². The number of hydrogen-bond acceptors (Lipinski definition) is 5. The number of carbonyl (C=O) groups excluding carboxylic acids is 2. The lowest BCUT2D eigenvalue weighted by atomic mass is 9.94. The van der Waals surface area contributed by atoms with Gasteiger partial charge in [-0.2, -0.15) is 0 Å². The molecule has 1 aromatic heterocycles. The van der Waals surface area contributed by atoms with E-state index in [-0.39, 0.29) is 29.7 Å². The molecule has 1 aromatic carbocycles. The molecule has 6 nitrogen and oxygen atoms in total. The summed E-state index contributed by atoms with van der Waals surface area (Å²) in [6.45, 7) is -0.359. The van der Waals surface area contributed by atoms with Crippen LogP contribution in [0.25, 0.3) is 11.0 Å². The smallest absolute Gasteiger partial charge is 0.374 e. The normalized spacial score (nSPS) is 15.1. The van der Waals surface area contributed by atoms with Gasteiger partial charge in [0.25, 0.3) is 5.91 Å². The number of fused-ring (bicyclic) bond motifs is 1. The van der Waals surface area contributed by atoms with E-state index < -0.39 is 5.97 Å². The second kappa shape index (κ2) is 7.51. The lowest BCUT2D eigenvalue weighted by molar-refractivity contribution is -0.135. The summed E-state index contributed by atoms with van der Waals surface area (Å²) >= 11 is 0. The summed E-state index contributed by atoms with van der Waals surface area (Å²) in [6.07, 6.45) is 5.40. The predicted octanol–water partition coefficient (Wildman–Crippen LogP) is 2.74. The van der Waals surface area contributed by atoms with Crippen molar-refractivity contribution in [3.8, 4) is 0 Å². The van der Waals surface area contributed by atoms with Crippen molar-refractivity contribution < 1.29 is 18.7 Å². The van der Waals surface area contributed by atoms with Crippen molar-refractivity contribution in [3.05, 3.63) is 46.3 Å². The Morgan fingerprint density at radius 1 is 1.20 bits per heavy atom. The molecule has 1 aliphatic carbocycles. The molecule has 1 aliphatic rings. The van der Waals surface area contributed by atoms with Crippen LogP contribution >= 0.6 is 0 Å². The highest BCUT2D eigenvalue weighted by atomic mass is 16.5. The molecule has 132 valence electrons. The van der Waals surface area contributed by atoms with E-state index in [9.17, 15) is 14.4 Å². The molecule has 0 aliphatic heterocycles. The van der Waals surface area contributed by atoms with Crippen LogP contribution in [0, 0.1) is 0 Å². The first-order chi connectivity index (χ1) is 12.1. The summed E-state index contributed by atoms with van der Waals surface area (Å²) in [5.41, 5.74) is -0.00736. The van der Waals surface area contributed by atoms with Crippen molar-refractivity contribution in [1.82, 2.24) is 4.90 Å². The first-order valence-corrected chi connectivity index (χ1v) is 8.52. The molecule has 0 atom stereocenters. The maximum atomic E-state index is 12.2. The van der Waals surface area contributed by atoms with Gasteiger partial charge in [0.1, 0.15) is 5.58 Å². The van der Waals surface area contributed by atoms with Gasteiger partial charge in [-0.25, -0.2) is 4.79 Å². The molecule has 25 heavy (non-hydrogen) atoms. The summed E-state index contributed by atoms with van der Waals surface area (Å²) in [5.74, 6) is -1.26. The van der Waals surface area contributed by atoms with E-state index in [2.05, 4.69) is 0 Å². The third-order valence-corrected chi connectivity index (χ3v) is 4.68. The minimum Gasteiger partial charge on any atom is -0.450 e. The van der Waals surface area contributed by atoms with Crippen LogP contribution in [0.15, 0.2) is 39.5 Å². The van der Waals surface area contributed by atoms with Crippen LogP contribution in [-0.4, -0.2) is 36.5 Å². The van der Waals surface area contributed by atoms with Crippen molar-refractivity contribution >= 4 is 22.8 Å². The molecule has 0 saturated heterocycles. The number of ether oxygens (including phenoxy) is 1. The number of likely N-dealkylation sites (N-methyl/N-ethyl adjacent to an activating group) is 1. The Balaban J connectivity index is 1.64. The number of rotatable bonds is 4. The van der Waals surface area contributed by atoms with E-state index in [0.717, 1.165) is 31.7 Å². The van der Waals surface area contributed by atoms with Gasteiger partial charge in [-0.3, -0.25) is 9.59 Å². The van der Waals surface area contributed by atoms with Crippen LogP contribution in [0.4, 0.5) is 0 Å². The van der Waals surface area contributed by atoms with E-state index in [1.165, 1.54) is 6.42 Å². The zero-order valence-electron chi connectivity index (χ0n) is 14.2. The molecule has 0 radical (unpaired) electrons. The maximum Gasteiger partial charge on any atom is 0.374 e. The topological polar surface area (TPSA) is 76.8 Å². The van der Waals surface area contributed by atoms with Crippen LogP contribution < -0.4 is 5.43 Å². The standard InChI is InChI=1S/C19H21NO5/c1-20(13-7-3-2-4-8-13)18(22)12-24-19(23)17-11-15(21)14-9-5-6-10-16(14)25-17/h5-6,9-11,13H,2-4,7-8,12H2,1H3. The molecule has 0 N–H and O–H groups in total. The largest absolute Gasteiger partial charge is 0.450 e. The van der Waals surface area contributed by atoms with Crippen molar-refractivity contribution in [3.63, 3.8) is 0 Å². The maximum absolute atomic E-state index is 12.2. The Morgan fingerprint density at radius 3 is 2.68 bits per heavy atom. The number of amides is 1. The molecule has 3 rings (SSSR count). The molecular formula is C19H21NO5. The van der Waals surface area contributed by atoms with Crippen molar-refractivity contribution in [2.75, 3.05) is 13.7 Å². The van der Waals surface area contributed by atoms with Gasteiger partial charge in [0, 0.05) is 19.2 Å². The van der Waals surface area contributed by atoms with Gasteiger partial charge in [-0.1, -0.05) is 31.4 Å². The molecular weight excluding hydrogens is 322 g/mol. The minimum atomic E-state index is -0.812. The molecule has 6 heteroatoms. The number of hydrogen-bond donors (Lipinski definition) is 0. The number of benzene rings is 1. The van der Waals surface area contributed by atoms with Crippen LogP contribution in [-0.2, 0) is 9.53 Å². The predicted molar refractivity (Wildman–Crippen MR) is 92.4 cm³/mol. The Kier molecular flexibility index (Phi) is 5.16. The van der Waals surface area contributed by atoms with Crippen LogP contribution in [0.2, 0.25) is 0 Å². The summed E-state index contributed by atoms with van der Waals surface area (Å²) in [6, 6.07) is 7.97. The zero-order chi connectivity index (χ0) is 17.8. The Labute approximate surface area is 145 Å². The fraction of sp³-hybridized carbons (Fsp3) is 0.421. The second-order valence-corrected chi connectivity index (χ2v) is 6.34. The molecule has 0 bridgehead atoms. The minimum absolute atomic E-state index is 0.197. The summed E-state index contributed by atoms with van der Waals surface area (Å²) < 4.78 is 10.5. The number of nitrogens with zero attached hydrogens (tertiary/aromatic N) is 1. The third-order valence-electron chi connectivity index (χ3n) is 4.68. The highest BCUT2D eigenvalue weighted by molar-refractivity contribution is 5.90. The van der Waals surface area contributed by atoms with Crippen LogP contribution in [0.5, 0.6) is 0 Å². The Hall–Kier alpha value is -2.63. The lowest BCUT2D eigenvalue weighted by Crippen LogP contribution is -2.40. The van der Waals surface area contributed by atoms with Crippen LogP contribution in [0.1, 0.15) is 42.7 Å². The molecule has 2 aromatic rings. The molecule has 0 spiro atoms. The average molecular weight is 343 g/mol. The summed E-state index contributed by atoms with van der Waals surface area (Å²) in [7, 11) is 1.74. The summed E-state index contributed by atoms with van der Waals surface area (Å²) in [5, 5.41) is 0.396. The van der Waals surface area contributed by atoms with E-state index in [1.807, 2.05) is 0 Å². The van der Waals surface area contributed by atoms with Gasteiger partial charge >= 0.3 is 5.97 Å². The van der Waals surface area contributed by atoms with Gasteiger partial charge in [-0.15, -0.1) is 0 Å². The highest BCUT2D eigenvalue weighted by Gasteiger charge is 2.23. The molecule has 0 unspecified atom stereocenters. The van der Waals surface area contributed by atoms with Crippen molar-refractivity contribution in [2.24, 2.45) is 0 Å². The Bertz CT molecular complexity index is 835. The van der Waals surface area contributed by atoms with E-state index in [0.29, 0.717) is 11.0 Å². The fourth-order valence-electron chi connectivity index (χ4n) is 3.18. The van der Waals surface area contributed by atoms with Gasteiger partial charge in [0.05, 0.1) is 5.39 Å². The first-order valence-electron chi connectivity index (χ1n) is 8.52. The quantitative estimate of drug-likeness (QED) is 0.798. The van der Waals surface area contributed by atoms with Crippen molar-refractivity contribution in [1.29, 1.82) is 0 Å². The third kappa shape index (κ3) is 3.90. The number of carbonyl (C=O) groups is 2. The van der Waals surface area contributed by atoms with Crippen LogP contribution in [0.3, 0.4) is 0 Å². The van der Waals surface area contributed by atoms with E-state index in [4.69, 9.17) is 9.15 Å². The van der Waals surface area contributed by atoms with Gasteiger partial charge in [0.15, 0.2) is 12.0 Å². The second-order valence-electron chi connectivity index (χ2n) is 6.34. The fourth-order valence-corrected chi connectivity index (χ4v) is 3.18. The average Bonchev–Trinajstić information content (AvgIpc) is 2.65. The SMILES string of the molecule is CN(C(=O)COC(=O)c1cc(=O)c2ccccc2o1)C1CCCCC1. The van der Waals surface area contributed by atoms with E-state index >= 15 is 0 Å². The lowest BCUT2D eigenvalue weighted by Gasteiger charge is -2.31. The Morgan fingerprint density at radius 2 is 1.92 bits per heavy atom. The first kappa shape index (κ1) is 17.2. The molecule has 1 saturated carbocycles. The summed E-state index contributed by atoms with van der Waals surface area (Å²) in [4.78, 5) is 38.0. The molecule has 1 fully saturated rings. The van der Waals surface area contributed by atoms with Gasteiger partial charge < -0.3 is 14.1 Å². The monoisotopic (exact) mass is 343 g/mol. The number of para-hydroxylation sites is 1. The number of esters is 1. The van der Waals surface area contributed by atoms with Crippen molar-refractivity contribution in [2.45, 2.75) is 38.1 Å². The zero-order valence-corrected chi connectivity index (χ0v) is 14.2. The molecule has 1 amide bonds. The van der Waals surface area contributed by atoms with Gasteiger partial charge in [-0.05, 0) is 25.0 Å².